The van der Waals surface area contributed by atoms with E-state index < -0.39 is 0 Å². The van der Waals surface area contributed by atoms with E-state index in [4.69, 9.17) is 0 Å². The van der Waals surface area contributed by atoms with Gasteiger partial charge in [-0.25, -0.2) is 0 Å². The maximum Gasteiger partial charge on any atom is 0.106 e. The highest BCUT2D eigenvalue weighted by atomic mass is 15.3. The third-order valence-corrected chi connectivity index (χ3v) is 4.71. The number of likely N-dealkylation sites (N-methyl/N-ethyl adjacent to an activating group) is 1. The van der Waals surface area contributed by atoms with Gasteiger partial charge in [0.05, 0.1) is 6.07 Å². The van der Waals surface area contributed by atoms with Crippen LogP contribution in [0.2, 0.25) is 0 Å². The van der Waals surface area contributed by atoms with E-state index in [1.165, 1.54) is 19.5 Å². The third-order valence-electron chi connectivity index (χ3n) is 4.71. The van der Waals surface area contributed by atoms with Gasteiger partial charge in [-0.3, -0.25) is 0 Å². The molecule has 0 bridgehead atoms. The predicted octanol–water partition coefficient (Wildman–Crippen LogP) is 1.68. The average molecular weight is 266 g/mol. The summed E-state index contributed by atoms with van der Waals surface area (Å²) >= 11 is 0. The SMILES string of the molecule is CCC1CN(CCCC(C#N)(CC)NC)CCN1C. The van der Waals surface area contributed by atoms with Crippen molar-refractivity contribution in [3.8, 4) is 6.07 Å². The summed E-state index contributed by atoms with van der Waals surface area (Å²) in [5.74, 6) is 0. The fourth-order valence-electron chi connectivity index (χ4n) is 2.93. The first-order valence-corrected chi connectivity index (χ1v) is 7.63. The van der Waals surface area contributed by atoms with Crippen molar-refractivity contribution >= 4 is 0 Å². The van der Waals surface area contributed by atoms with E-state index in [0.717, 1.165) is 32.4 Å². The quantitative estimate of drug-likeness (QED) is 0.761. The van der Waals surface area contributed by atoms with Crippen molar-refractivity contribution in [2.45, 2.75) is 51.1 Å². The summed E-state index contributed by atoms with van der Waals surface area (Å²) in [5.41, 5.74) is -0.323. The lowest BCUT2D eigenvalue weighted by atomic mass is 9.92. The van der Waals surface area contributed by atoms with Gasteiger partial charge in [0.1, 0.15) is 5.54 Å². The van der Waals surface area contributed by atoms with Crippen molar-refractivity contribution in [3.63, 3.8) is 0 Å². The zero-order chi connectivity index (χ0) is 14.3. The zero-order valence-electron chi connectivity index (χ0n) is 13.1. The second kappa shape index (κ2) is 7.84. The highest BCUT2D eigenvalue weighted by Crippen LogP contribution is 2.17. The monoisotopic (exact) mass is 266 g/mol. The molecule has 1 aliphatic heterocycles. The molecule has 1 heterocycles. The van der Waals surface area contributed by atoms with E-state index in [1.807, 2.05) is 7.05 Å². The molecule has 4 nitrogen and oxygen atoms in total. The van der Waals surface area contributed by atoms with Crippen LogP contribution in [0.3, 0.4) is 0 Å². The standard InChI is InChI=1S/C15H30N4/c1-5-14-12-19(11-10-18(14)4)9-7-8-15(6-2,13-16)17-3/h14,17H,5-12H2,1-4H3. The Hall–Kier alpha value is -0.630. The Morgan fingerprint density at radius 2 is 2.11 bits per heavy atom. The number of nitrogens with one attached hydrogen (secondary N) is 1. The van der Waals surface area contributed by atoms with E-state index in [0.29, 0.717) is 6.04 Å². The molecular weight excluding hydrogens is 236 g/mol. The second-order valence-electron chi connectivity index (χ2n) is 5.74. The molecule has 1 rings (SSSR count). The number of rotatable bonds is 7. The number of nitriles is 1. The minimum atomic E-state index is -0.323. The van der Waals surface area contributed by atoms with Crippen LogP contribution < -0.4 is 5.32 Å². The fourth-order valence-corrected chi connectivity index (χ4v) is 2.93. The Morgan fingerprint density at radius 1 is 1.37 bits per heavy atom. The van der Waals surface area contributed by atoms with Crippen LogP contribution in [0.4, 0.5) is 0 Å². The van der Waals surface area contributed by atoms with Crippen LogP contribution >= 0.6 is 0 Å². The van der Waals surface area contributed by atoms with Crippen LogP contribution in [0.5, 0.6) is 0 Å². The van der Waals surface area contributed by atoms with Crippen molar-refractivity contribution in [2.75, 3.05) is 40.3 Å². The summed E-state index contributed by atoms with van der Waals surface area (Å²) in [4.78, 5) is 5.03. The van der Waals surface area contributed by atoms with Gasteiger partial charge in [0, 0.05) is 25.7 Å². The molecule has 2 atom stereocenters. The molecule has 0 spiro atoms. The Kier molecular flexibility index (Phi) is 6.78. The number of hydrogen-bond donors (Lipinski definition) is 1. The van der Waals surface area contributed by atoms with E-state index in [2.05, 4.69) is 42.1 Å². The van der Waals surface area contributed by atoms with Gasteiger partial charge in [-0.05, 0) is 46.3 Å². The molecule has 1 saturated heterocycles. The maximum absolute atomic E-state index is 9.30. The fraction of sp³-hybridized carbons (Fsp3) is 0.933. The first-order valence-electron chi connectivity index (χ1n) is 7.63. The predicted molar refractivity (Wildman–Crippen MR) is 80.1 cm³/mol. The molecule has 19 heavy (non-hydrogen) atoms. The van der Waals surface area contributed by atoms with Crippen LogP contribution in [-0.2, 0) is 0 Å². The summed E-state index contributed by atoms with van der Waals surface area (Å²) < 4.78 is 0. The molecule has 2 unspecified atom stereocenters. The molecule has 0 saturated carbocycles. The Balaban J connectivity index is 2.35. The lowest BCUT2D eigenvalue weighted by molar-refractivity contribution is 0.0907. The summed E-state index contributed by atoms with van der Waals surface area (Å²) in [6.07, 6.45) is 4.14. The van der Waals surface area contributed by atoms with Crippen LogP contribution in [0.15, 0.2) is 0 Å². The van der Waals surface area contributed by atoms with Crippen molar-refractivity contribution in [1.82, 2.24) is 15.1 Å². The second-order valence-corrected chi connectivity index (χ2v) is 5.74. The third kappa shape index (κ3) is 4.45. The van der Waals surface area contributed by atoms with Crippen LogP contribution in [0.25, 0.3) is 0 Å². The minimum absolute atomic E-state index is 0.323. The summed E-state index contributed by atoms with van der Waals surface area (Å²) in [7, 11) is 4.12. The van der Waals surface area contributed by atoms with Gasteiger partial charge in [0.2, 0.25) is 0 Å². The molecule has 1 aliphatic rings. The number of piperazine rings is 1. The van der Waals surface area contributed by atoms with Crippen LogP contribution in [-0.4, -0.2) is 61.7 Å². The van der Waals surface area contributed by atoms with Gasteiger partial charge in [0.15, 0.2) is 0 Å². The van der Waals surface area contributed by atoms with Crippen LogP contribution in [0.1, 0.15) is 39.5 Å². The molecule has 110 valence electrons. The molecule has 0 aromatic carbocycles. The van der Waals surface area contributed by atoms with Crippen molar-refractivity contribution in [2.24, 2.45) is 0 Å². The van der Waals surface area contributed by atoms with Gasteiger partial charge in [0.25, 0.3) is 0 Å². The van der Waals surface area contributed by atoms with Crippen molar-refractivity contribution < 1.29 is 0 Å². The van der Waals surface area contributed by atoms with E-state index in [-0.39, 0.29) is 5.54 Å². The first-order chi connectivity index (χ1) is 9.10. The smallest absolute Gasteiger partial charge is 0.106 e. The molecular formula is C15H30N4. The first kappa shape index (κ1) is 16.4. The lowest BCUT2D eigenvalue weighted by Crippen LogP contribution is -2.51. The van der Waals surface area contributed by atoms with E-state index in [9.17, 15) is 5.26 Å². The van der Waals surface area contributed by atoms with E-state index >= 15 is 0 Å². The molecule has 0 aromatic rings. The van der Waals surface area contributed by atoms with Crippen molar-refractivity contribution in [1.29, 1.82) is 5.26 Å². The Bertz CT molecular complexity index is 293. The normalized spacial score (nSPS) is 24.9. The molecule has 0 radical (unpaired) electrons. The van der Waals surface area contributed by atoms with Gasteiger partial charge in [-0.2, -0.15) is 5.26 Å². The molecule has 1 fully saturated rings. The maximum atomic E-state index is 9.30. The summed E-state index contributed by atoms with van der Waals surface area (Å²) in [5, 5.41) is 12.5. The topological polar surface area (TPSA) is 42.3 Å². The van der Waals surface area contributed by atoms with Gasteiger partial charge in [-0.1, -0.05) is 13.8 Å². The lowest BCUT2D eigenvalue weighted by Gasteiger charge is -2.39. The highest BCUT2D eigenvalue weighted by Gasteiger charge is 2.26. The van der Waals surface area contributed by atoms with Crippen LogP contribution in [0, 0.1) is 11.3 Å². The number of hydrogen-bond acceptors (Lipinski definition) is 4. The van der Waals surface area contributed by atoms with Gasteiger partial charge in [-0.15, -0.1) is 0 Å². The summed E-state index contributed by atoms with van der Waals surface area (Å²) in [6, 6.07) is 3.14. The van der Waals surface area contributed by atoms with Gasteiger partial charge >= 0.3 is 0 Å². The van der Waals surface area contributed by atoms with Gasteiger partial charge < -0.3 is 15.1 Å². The molecule has 0 aromatic heterocycles. The Labute approximate surface area is 118 Å². The summed E-state index contributed by atoms with van der Waals surface area (Å²) in [6.45, 7) is 8.99. The average Bonchev–Trinajstić information content (AvgIpc) is 2.46. The molecule has 0 amide bonds. The van der Waals surface area contributed by atoms with Crippen molar-refractivity contribution in [3.05, 3.63) is 0 Å². The Morgan fingerprint density at radius 3 is 2.63 bits per heavy atom. The highest BCUT2D eigenvalue weighted by molar-refractivity contribution is 5.05. The number of nitrogens with zero attached hydrogens (tertiary/aromatic N) is 3. The zero-order valence-corrected chi connectivity index (χ0v) is 13.1. The minimum Gasteiger partial charge on any atom is -0.302 e. The van der Waals surface area contributed by atoms with E-state index in [1.54, 1.807) is 0 Å². The largest absolute Gasteiger partial charge is 0.302 e. The molecule has 4 heteroatoms. The molecule has 1 N–H and O–H groups in total. The molecule has 0 aliphatic carbocycles.